The van der Waals surface area contributed by atoms with Crippen molar-refractivity contribution in [2.75, 3.05) is 20.2 Å². The van der Waals surface area contributed by atoms with Gasteiger partial charge in [-0.2, -0.15) is 0 Å². The summed E-state index contributed by atoms with van der Waals surface area (Å²) in [6.07, 6.45) is 11.7. The van der Waals surface area contributed by atoms with Crippen molar-refractivity contribution in [3.8, 4) is 0 Å². The molecule has 0 aromatic heterocycles. The second-order valence-electron chi connectivity index (χ2n) is 5.08. The fourth-order valence-corrected chi connectivity index (χ4v) is 2.37. The number of esters is 1. The Bertz CT molecular complexity index is 263. The van der Waals surface area contributed by atoms with Crippen LogP contribution in [0.5, 0.6) is 0 Å². The predicted octanol–water partition coefficient (Wildman–Crippen LogP) is 3.15. The van der Waals surface area contributed by atoms with Crippen LogP contribution in [0.4, 0.5) is 0 Å². The molecule has 0 aromatic carbocycles. The molecule has 0 radical (unpaired) electrons. The number of ether oxygens (including phenoxy) is 1. The third kappa shape index (κ3) is 6.20. The van der Waals surface area contributed by atoms with Gasteiger partial charge in [0.15, 0.2) is 0 Å². The van der Waals surface area contributed by atoms with Crippen molar-refractivity contribution in [2.24, 2.45) is 0 Å². The lowest BCUT2D eigenvalue weighted by Crippen LogP contribution is -2.34. The summed E-state index contributed by atoms with van der Waals surface area (Å²) in [5, 5.41) is 0. The van der Waals surface area contributed by atoms with Crippen molar-refractivity contribution in [1.29, 1.82) is 0 Å². The van der Waals surface area contributed by atoms with Crippen molar-refractivity contribution in [1.82, 2.24) is 4.90 Å². The molecule has 104 valence electrons. The number of likely N-dealkylation sites (N-methyl/N-ethyl adjacent to an activating group) is 1. The Labute approximate surface area is 111 Å². The van der Waals surface area contributed by atoms with E-state index < -0.39 is 0 Å². The van der Waals surface area contributed by atoms with E-state index in [2.05, 4.69) is 31.0 Å². The van der Waals surface area contributed by atoms with Crippen LogP contribution >= 0.6 is 0 Å². The van der Waals surface area contributed by atoms with Crippen molar-refractivity contribution < 1.29 is 9.53 Å². The molecule has 0 N–H and O–H groups in total. The average molecular weight is 253 g/mol. The smallest absolute Gasteiger partial charge is 0.305 e. The van der Waals surface area contributed by atoms with Crippen LogP contribution in [-0.2, 0) is 9.53 Å². The number of carbonyl (C=O) groups is 1. The molecule has 1 aliphatic heterocycles. The van der Waals surface area contributed by atoms with Gasteiger partial charge in [-0.1, -0.05) is 25.5 Å². The second kappa shape index (κ2) is 9.15. The Morgan fingerprint density at radius 2 is 2.17 bits per heavy atom. The minimum absolute atomic E-state index is 0.0527. The summed E-state index contributed by atoms with van der Waals surface area (Å²) in [5.74, 6) is -0.0527. The number of nitrogens with zero attached hydrogens (tertiary/aromatic N) is 1. The van der Waals surface area contributed by atoms with Crippen LogP contribution in [0.15, 0.2) is 12.2 Å². The number of carbonyl (C=O) groups excluding carboxylic acids is 1. The molecular weight excluding hydrogens is 226 g/mol. The summed E-state index contributed by atoms with van der Waals surface area (Å²) >= 11 is 0. The number of hydrogen-bond acceptors (Lipinski definition) is 3. The van der Waals surface area contributed by atoms with Crippen molar-refractivity contribution in [3.05, 3.63) is 12.2 Å². The van der Waals surface area contributed by atoms with Gasteiger partial charge < -0.3 is 9.64 Å². The maximum atomic E-state index is 11.4. The first-order chi connectivity index (χ1) is 8.74. The maximum Gasteiger partial charge on any atom is 0.305 e. The SMILES string of the molecule is CCCC1CC/C=C\CCCC(=O)OCCN1C. The second-order valence-corrected chi connectivity index (χ2v) is 5.08. The van der Waals surface area contributed by atoms with E-state index in [0.717, 1.165) is 25.8 Å². The topological polar surface area (TPSA) is 29.5 Å². The Balaban J connectivity index is 2.50. The minimum atomic E-state index is -0.0527. The highest BCUT2D eigenvalue weighted by molar-refractivity contribution is 5.69. The molecule has 1 aliphatic rings. The lowest BCUT2D eigenvalue weighted by Gasteiger charge is -2.27. The molecule has 3 heteroatoms. The Morgan fingerprint density at radius 3 is 2.94 bits per heavy atom. The van der Waals surface area contributed by atoms with Crippen LogP contribution in [0.25, 0.3) is 0 Å². The number of rotatable bonds is 2. The van der Waals surface area contributed by atoms with Gasteiger partial charge in [0.25, 0.3) is 0 Å². The monoisotopic (exact) mass is 253 g/mol. The summed E-state index contributed by atoms with van der Waals surface area (Å²) in [7, 11) is 2.14. The lowest BCUT2D eigenvalue weighted by atomic mass is 10.0. The third-order valence-electron chi connectivity index (χ3n) is 3.54. The average Bonchev–Trinajstić information content (AvgIpc) is 2.36. The van der Waals surface area contributed by atoms with E-state index in [-0.39, 0.29) is 5.97 Å². The molecule has 0 spiro atoms. The number of hydrogen-bond donors (Lipinski definition) is 0. The van der Waals surface area contributed by atoms with Gasteiger partial charge in [-0.05, 0) is 39.2 Å². The zero-order chi connectivity index (χ0) is 13.2. The summed E-state index contributed by atoms with van der Waals surface area (Å²) in [6, 6.07) is 0.610. The highest BCUT2D eigenvalue weighted by atomic mass is 16.5. The van der Waals surface area contributed by atoms with E-state index in [9.17, 15) is 4.79 Å². The fraction of sp³-hybridized carbons (Fsp3) is 0.800. The first kappa shape index (κ1) is 15.2. The standard InChI is InChI=1S/C15H27NO2/c1-3-9-14-10-7-5-4-6-8-11-15(17)18-13-12-16(14)2/h4-5,14H,3,6-13H2,1-2H3/b5-4-. The maximum absolute atomic E-state index is 11.4. The van der Waals surface area contributed by atoms with Crippen LogP contribution in [0.3, 0.4) is 0 Å². The summed E-state index contributed by atoms with van der Waals surface area (Å²) in [6.45, 7) is 3.61. The molecule has 1 atom stereocenters. The van der Waals surface area contributed by atoms with Crippen LogP contribution in [-0.4, -0.2) is 37.1 Å². The van der Waals surface area contributed by atoms with Gasteiger partial charge in [0.05, 0.1) is 0 Å². The molecular formula is C15H27NO2. The van der Waals surface area contributed by atoms with Crippen LogP contribution in [0.2, 0.25) is 0 Å². The largest absolute Gasteiger partial charge is 0.464 e. The molecule has 0 saturated carbocycles. The van der Waals surface area contributed by atoms with E-state index in [1.54, 1.807) is 0 Å². The molecule has 1 unspecified atom stereocenters. The quantitative estimate of drug-likeness (QED) is 0.559. The minimum Gasteiger partial charge on any atom is -0.464 e. The molecule has 0 bridgehead atoms. The highest BCUT2D eigenvalue weighted by Crippen LogP contribution is 2.13. The lowest BCUT2D eigenvalue weighted by molar-refractivity contribution is -0.144. The van der Waals surface area contributed by atoms with E-state index in [4.69, 9.17) is 4.74 Å². The zero-order valence-electron chi connectivity index (χ0n) is 11.9. The normalized spacial score (nSPS) is 26.6. The molecule has 0 amide bonds. The zero-order valence-corrected chi connectivity index (χ0v) is 11.9. The number of allylic oxidation sites excluding steroid dienone is 2. The van der Waals surface area contributed by atoms with Crippen molar-refractivity contribution >= 4 is 5.97 Å². The van der Waals surface area contributed by atoms with E-state index >= 15 is 0 Å². The first-order valence-electron chi connectivity index (χ1n) is 7.25. The van der Waals surface area contributed by atoms with Gasteiger partial charge in [-0.3, -0.25) is 4.79 Å². The van der Waals surface area contributed by atoms with Crippen LogP contribution < -0.4 is 0 Å². The summed E-state index contributed by atoms with van der Waals surface area (Å²) < 4.78 is 5.25. The Hall–Kier alpha value is -0.830. The molecule has 1 rings (SSSR count). The fourth-order valence-electron chi connectivity index (χ4n) is 2.37. The molecule has 0 aliphatic carbocycles. The van der Waals surface area contributed by atoms with Gasteiger partial charge >= 0.3 is 5.97 Å². The molecule has 0 fully saturated rings. The van der Waals surface area contributed by atoms with Crippen molar-refractivity contribution in [3.63, 3.8) is 0 Å². The number of cyclic esters (lactones) is 1. The van der Waals surface area contributed by atoms with E-state index in [1.807, 2.05) is 0 Å². The molecule has 0 aromatic rings. The van der Waals surface area contributed by atoms with Gasteiger partial charge in [0.1, 0.15) is 6.61 Å². The van der Waals surface area contributed by atoms with Gasteiger partial charge in [-0.25, -0.2) is 0 Å². The Kier molecular flexibility index (Phi) is 7.74. The summed E-state index contributed by atoms with van der Waals surface area (Å²) in [5.41, 5.74) is 0. The van der Waals surface area contributed by atoms with Gasteiger partial charge in [0, 0.05) is 19.0 Å². The highest BCUT2D eigenvalue weighted by Gasteiger charge is 2.13. The van der Waals surface area contributed by atoms with Gasteiger partial charge in [-0.15, -0.1) is 0 Å². The van der Waals surface area contributed by atoms with Crippen LogP contribution in [0, 0.1) is 0 Å². The first-order valence-corrected chi connectivity index (χ1v) is 7.25. The van der Waals surface area contributed by atoms with Gasteiger partial charge in [0.2, 0.25) is 0 Å². The Morgan fingerprint density at radius 1 is 1.39 bits per heavy atom. The van der Waals surface area contributed by atoms with Crippen molar-refractivity contribution in [2.45, 2.75) is 57.9 Å². The molecule has 0 saturated heterocycles. The predicted molar refractivity (Wildman–Crippen MR) is 74.5 cm³/mol. The third-order valence-corrected chi connectivity index (χ3v) is 3.54. The van der Waals surface area contributed by atoms with E-state index in [1.165, 1.54) is 19.3 Å². The molecule has 18 heavy (non-hydrogen) atoms. The van der Waals surface area contributed by atoms with E-state index in [0.29, 0.717) is 19.1 Å². The summed E-state index contributed by atoms with van der Waals surface area (Å²) in [4.78, 5) is 13.8. The molecule has 1 heterocycles. The molecule has 3 nitrogen and oxygen atoms in total. The van der Waals surface area contributed by atoms with Crippen LogP contribution in [0.1, 0.15) is 51.9 Å².